The Hall–Kier alpha value is -3.45. The Morgan fingerprint density at radius 1 is 1.03 bits per heavy atom. The van der Waals surface area contributed by atoms with Crippen molar-refractivity contribution in [2.24, 2.45) is 11.8 Å². The smallest absolute Gasteiger partial charge is 0.481 e. The van der Waals surface area contributed by atoms with Crippen LogP contribution in [0.2, 0.25) is 0 Å². The van der Waals surface area contributed by atoms with Crippen molar-refractivity contribution in [2.45, 2.75) is 51.4 Å². The van der Waals surface area contributed by atoms with Crippen molar-refractivity contribution in [3.63, 3.8) is 0 Å². The molecule has 0 saturated heterocycles. The third-order valence-corrected chi connectivity index (χ3v) is 4.78. The zero-order valence-corrected chi connectivity index (χ0v) is 17.3. The molecule has 2 aromatic heterocycles. The van der Waals surface area contributed by atoms with Crippen LogP contribution in [0, 0.1) is 11.8 Å². The van der Waals surface area contributed by atoms with Crippen LogP contribution in [-0.2, 0) is 19.9 Å². The molecule has 14 heteroatoms. The Kier molecular flexibility index (Phi) is 6.95. The van der Waals surface area contributed by atoms with Crippen molar-refractivity contribution in [1.29, 1.82) is 0 Å². The van der Waals surface area contributed by atoms with Gasteiger partial charge >= 0.3 is 24.1 Å². The van der Waals surface area contributed by atoms with Crippen LogP contribution in [0.15, 0.2) is 12.5 Å². The fraction of sp³-hybridized carbons (Fsp3) is 0.556. The monoisotopic (exact) mass is 461 g/mol. The number of anilines is 1. The summed E-state index contributed by atoms with van der Waals surface area (Å²) >= 11 is 0. The molecular formula is C18H22F3N5O6. The van der Waals surface area contributed by atoms with Gasteiger partial charge in [-0.3, -0.25) is 9.59 Å². The molecule has 4 N–H and O–H groups in total. The number of carboxylic acid groups (broad SMARTS) is 3. The number of nitrogens with one attached hydrogen (secondary N) is 1. The third-order valence-electron chi connectivity index (χ3n) is 4.78. The molecule has 2 atom stereocenters. The van der Waals surface area contributed by atoms with E-state index in [1.54, 1.807) is 10.9 Å². The second-order valence-corrected chi connectivity index (χ2v) is 8.19. The van der Waals surface area contributed by atoms with Crippen molar-refractivity contribution in [1.82, 2.24) is 19.7 Å². The average Bonchev–Trinajstić information content (AvgIpc) is 3.26. The lowest BCUT2D eigenvalue weighted by molar-refractivity contribution is -0.192. The summed E-state index contributed by atoms with van der Waals surface area (Å²) in [6, 6.07) is -0.279. The number of carboxylic acids is 3. The van der Waals surface area contributed by atoms with Crippen LogP contribution in [0.3, 0.4) is 0 Å². The summed E-state index contributed by atoms with van der Waals surface area (Å²) in [6.07, 6.45) is -1.51. The van der Waals surface area contributed by atoms with Crippen LogP contribution in [-0.4, -0.2) is 65.2 Å². The van der Waals surface area contributed by atoms with Crippen molar-refractivity contribution in [3.8, 4) is 0 Å². The molecule has 11 nitrogen and oxygen atoms in total. The second-order valence-electron chi connectivity index (χ2n) is 8.19. The highest BCUT2D eigenvalue weighted by atomic mass is 19.4. The van der Waals surface area contributed by atoms with Crippen molar-refractivity contribution in [3.05, 3.63) is 12.5 Å². The minimum Gasteiger partial charge on any atom is -0.481 e. The Labute approximate surface area is 179 Å². The summed E-state index contributed by atoms with van der Waals surface area (Å²) < 4.78 is 33.5. The zero-order valence-electron chi connectivity index (χ0n) is 17.3. The largest absolute Gasteiger partial charge is 0.490 e. The van der Waals surface area contributed by atoms with E-state index in [-0.39, 0.29) is 24.4 Å². The lowest BCUT2D eigenvalue weighted by Crippen LogP contribution is -2.24. The molecule has 0 aliphatic heterocycles. The van der Waals surface area contributed by atoms with Crippen LogP contribution < -0.4 is 5.32 Å². The van der Waals surface area contributed by atoms with Crippen LogP contribution in [0.1, 0.15) is 33.6 Å². The molecule has 1 saturated carbocycles. The first-order valence-corrected chi connectivity index (χ1v) is 9.34. The van der Waals surface area contributed by atoms with E-state index < -0.39 is 35.9 Å². The molecule has 176 valence electrons. The molecule has 0 bridgehead atoms. The number of hydrogen-bond donors (Lipinski definition) is 4. The molecule has 32 heavy (non-hydrogen) atoms. The van der Waals surface area contributed by atoms with Crippen LogP contribution in [0.25, 0.3) is 11.0 Å². The zero-order chi connectivity index (χ0) is 24.4. The Morgan fingerprint density at radius 2 is 1.53 bits per heavy atom. The second kappa shape index (κ2) is 8.96. The summed E-state index contributed by atoms with van der Waals surface area (Å²) in [6.45, 7) is 6.04. The predicted molar refractivity (Wildman–Crippen MR) is 103 cm³/mol. The highest BCUT2D eigenvalue weighted by Crippen LogP contribution is 2.35. The van der Waals surface area contributed by atoms with E-state index in [0.717, 1.165) is 5.39 Å². The number of rotatable bonds is 4. The maximum atomic E-state index is 11.3. The van der Waals surface area contributed by atoms with Gasteiger partial charge in [0.15, 0.2) is 5.65 Å². The number of aromatic nitrogens is 4. The van der Waals surface area contributed by atoms with Gasteiger partial charge in [0.2, 0.25) is 0 Å². The number of hydrogen-bond acceptors (Lipinski definition) is 7. The summed E-state index contributed by atoms with van der Waals surface area (Å²) in [5, 5.41) is 33.9. The van der Waals surface area contributed by atoms with Crippen LogP contribution in [0.5, 0.6) is 0 Å². The van der Waals surface area contributed by atoms with Crippen molar-refractivity contribution < 1.29 is 42.9 Å². The van der Waals surface area contributed by atoms with Gasteiger partial charge in [-0.2, -0.15) is 18.3 Å². The van der Waals surface area contributed by atoms with E-state index in [9.17, 15) is 33.0 Å². The summed E-state index contributed by atoms with van der Waals surface area (Å²) in [4.78, 5) is 40.0. The molecule has 2 aromatic rings. The Bertz CT molecular complexity index is 995. The quantitative estimate of drug-likeness (QED) is 0.530. The normalized spacial score (nSPS) is 19.3. The lowest BCUT2D eigenvalue weighted by Gasteiger charge is -2.20. The first kappa shape index (κ1) is 24.8. The van der Waals surface area contributed by atoms with Gasteiger partial charge in [0.1, 0.15) is 12.1 Å². The summed E-state index contributed by atoms with van der Waals surface area (Å²) in [5.41, 5.74) is 0.427. The maximum absolute atomic E-state index is 11.3. The minimum atomic E-state index is -5.08. The fourth-order valence-corrected chi connectivity index (χ4v) is 3.34. The van der Waals surface area contributed by atoms with Gasteiger partial charge in [-0.25, -0.2) is 19.4 Å². The van der Waals surface area contributed by atoms with Gasteiger partial charge in [-0.15, -0.1) is 0 Å². The SMILES string of the molecule is CC(C)(C)n1ncc2c(NC3C[C@H](C(=O)O)[C@@H](C(=O)O)C3)ncnc21.O=C(O)C(F)(F)F. The molecule has 0 aromatic carbocycles. The van der Waals surface area contributed by atoms with Crippen molar-refractivity contribution in [2.75, 3.05) is 5.32 Å². The Morgan fingerprint density at radius 3 is 1.94 bits per heavy atom. The van der Waals surface area contributed by atoms with E-state index in [1.165, 1.54) is 6.33 Å². The van der Waals surface area contributed by atoms with Gasteiger partial charge in [0.25, 0.3) is 0 Å². The third kappa shape index (κ3) is 5.62. The number of nitrogens with zero attached hydrogens (tertiary/aromatic N) is 4. The van der Waals surface area contributed by atoms with Gasteiger partial charge in [-0.1, -0.05) is 0 Å². The molecule has 0 spiro atoms. The van der Waals surface area contributed by atoms with E-state index in [0.29, 0.717) is 11.5 Å². The number of carbonyl (C=O) groups is 3. The summed E-state index contributed by atoms with van der Waals surface area (Å²) in [7, 11) is 0. The van der Waals surface area contributed by atoms with Gasteiger partial charge in [0, 0.05) is 6.04 Å². The Balaban J connectivity index is 0.000000451. The maximum Gasteiger partial charge on any atom is 0.490 e. The van der Waals surface area contributed by atoms with Crippen LogP contribution in [0.4, 0.5) is 19.0 Å². The molecule has 2 heterocycles. The lowest BCUT2D eigenvalue weighted by atomic mass is 9.97. The predicted octanol–water partition coefficient (Wildman–Crippen LogP) is 2.19. The van der Waals surface area contributed by atoms with Gasteiger partial charge in [-0.05, 0) is 33.6 Å². The number of fused-ring (bicyclic) bond motifs is 1. The van der Waals surface area contributed by atoms with Crippen molar-refractivity contribution >= 4 is 34.8 Å². The van der Waals surface area contributed by atoms with E-state index in [1.807, 2.05) is 20.8 Å². The highest BCUT2D eigenvalue weighted by molar-refractivity contribution is 5.87. The van der Waals surface area contributed by atoms with Gasteiger partial charge < -0.3 is 20.6 Å². The molecule has 0 unspecified atom stereocenters. The average molecular weight is 461 g/mol. The molecular weight excluding hydrogens is 439 g/mol. The highest BCUT2D eigenvalue weighted by Gasteiger charge is 2.43. The van der Waals surface area contributed by atoms with Crippen LogP contribution >= 0.6 is 0 Å². The molecule has 0 amide bonds. The topological polar surface area (TPSA) is 168 Å². The van der Waals surface area contributed by atoms with E-state index >= 15 is 0 Å². The number of alkyl halides is 3. The molecule has 3 rings (SSSR count). The minimum absolute atomic E-state index is 0.241. The number of aliphatic carboxylic acids is 3. The first-order valence-electron chi connectivity index (χ1n) is 9.34. The molecule has 1 fully saturated rings. The first-order chi connectivity index (χ1) is 14.6. The standard InChI is InChI=1S/C16H21N5O4.C2HF3O2/c1-16(2,3)21-13-11(6-19-21)12(17-7-18-13)20-8-4-9(14(22)23)10(5-8)15(24)25;3-2(4,5)1(6)7/h6-10H,4-5H2,1-3H3,(H,22,23)(H,24,25)(H,17,18,20);(H,6,7)/t9-,10-;/m0./s1. The molecule has 1 aliphatic carbocycles. The van der Waals surface area contributed by atoms with E-state index in [4.69, 9.17) is 9.90 Å². The summed E-state index contributed by atoms with van der Waals surface area (Å²) in [5.74, 6) is -6.17. The van der Waals surface area contributed by atoms with Gasteiger partial charge in [0.05, 0.1) is 29.0 Å². The fourth-order valence-electron chi connectivity index (χ4n) is 3.34. The molecule has 0 radical (unpaired) electrons. The van der Waals surface area contributed by atoms with E-state index in [2.05, 4.69) is 20.4 Å². The molecule has 1 aliphatic rings. The number of halogens is 3.